The quantitative estimate of drug-likeness (QED) is 0.756. The Labute approximate surface area is 135 Å². The van der Waals surface area contributed by atoms with Crippen LogP contribution in [0.5, 0.6) is 11.5 Å². The highest BCUT2D eigenvalue weighted by Crippen LogP contribution is 2.27. The van der Waals surface area contributed by atoms with Gasteiger partial charge in [0.25, 0.3) is 5.91 Å². The van der Waals surface area contributed by atoms with E-state index in [0.717, 1.165) is 0 Å². The molecule has 1 amide bonds. The second kappa shape index (κ2) is 7.82. The number of amides is 1. The topological polar surface area (TPSA) is 74.3 Å². The lowest BCUT2D eigenvalue weighted by atomic mass is 10.2. The Bertz CT molecular complexity index is 568. The van der Waals surface area contributed by atoms with Crippen molar-refractivity contribution in [3.05, 3.63) is 23.8 Å². The third-order valence-electron chi connectivity index (χ3n) is 3.57. The van der Waals surface area contributed by atoms with Crippen LogP contribution in [0.1, 0.15) is 17.3 Å². The molecule has 1 saturated heterocycles. The van der Waals surface area contributed by atoms with Gasteiger partial charge < -0.3 is 23.8 Å². The maximum Gasteiger partial charge on any atom is 0.339 e. The van der Waals surface area contributed by atoms with Gasteiger partial charge in [0.15, 0.2) is 17.6 Å². The van der Waals surface area contributed by atoms with Crippen molar-refractivity contribution in [1.29, 1.82) is 0 Å². The molecule has 126 valence electrons. The van der Waals surface area contributed by atoms with E-state index in [1.807, 2.05) is 0 Å². The third kappa shape index (κ3) is 4.13. The maximum absolute atomic E-state index is 12.2. The molecule has 0 aromatic heterocycles. The summed E-state index contributed by atoms with van der Waals surface area (Å²) in [5.74, 6) is 0.137. The summed E-state index contributed by atoms with van der Waals surface area (Å²) in [6, 6.07) is 4.70. The van der Waals surface area contributed by atoms with E-state index < -0.39 is 12.1 Å². The molecule has 0 spiro atoms. The Balaban J connectivity index is 2.01. The molecule has 1 heterocycles. The van der Waals surface area contributed by atoms with Crippen molar-refractivity contribution < 1.29 is 28.5 Å². The highest BCUT2D eigenvalue weighted by molar-refractivity contribution is 5.92. The first-order valence-electron chi connectivity index (χ1n) is 7.36. The van der Waals surface area contributed by atoms with Crippen LogP contribution in [0.15, 0.2) is 18.2 Å². The largest absolute Gasteiger partial charge is 0.493 e. The second-order valence-electron chi connectivity index (χ2n) is 5.05. The Morgan fingerprint density at radius 1 is 1.13 bits per heavy atom. The van der Waals surface area contributed by atoms with E-state index in [9.17, 15) is 9.59 Å². The first-order chi connectivity index (χ1) is 11.1. The molecule has 1 aliphatic heterocycles. The summed E-state index contributed by atoms with van der Waals surface area (Å²) in [7, 11) is 3.00. The van der Waals surface area contributed by atoms with Gasteiger partial charge in [-0.25, -0.2) is 4.79 Å². The van der Waals surface area contributed by atoms with E-state index in [2.05, 4.69) is 0 Å². The van der Waals surface area contributed by atoms with Crippen molar-refractivity contribution in [2.24, 2.45) is 0 Å². The van der Waals surface area contributed by atoms with Crippen molar-refractivity contribution in [2.45, 2.75) is 13.0 Å². The Morgan fingerprint density at radius 3 is 2.39 bits per heavy atom. The van der Waals surface area contributed by atoms with Gasteiger partial charge in [0, 0.05) is 13.1 Å². The zero-order chi connectivity index (χ0) is 16.8. The van der Waals surface area contributed by atoms with Crippen molar-refractivity contribution in [1.82, 2.24) is 4.90 Å². The average Bonchev–Trinajstić information content (AvgIpc) is 2.60. The van der Waals surface area contributed by atoms with Crippen LogP contribution >= 0.6 is 0 Å². The van der Waals surface area contributed by atoms with Gasteiger partial charge in [-0.2, -0.15) is 0 Å². The van der Waals surface area contributed by atoms with E-state index in [1.54, 1.807) is 24.0 Å². The lowest BCUT2D eigenvalue weighted by molar-refractivity contribution is -0.143. The lowest BCUT2D eigenvalue weighted by Crippen LogP contribution is -2.46. The number of benzene rings is 1. The smallest absolute Gasteiger partial charge is 0.339 e. The molecular formula is C16H21NO6. The molecular weight excluding hydrogens is 302 g/mol. The normalized spacial score (nSPS) is 15.7. The molecule has 1 aliphatic rings. The number of rotatable bonds is 5. The van der Waals surface area contributed by atoms with Gasteiger partial charge in [0.2, 0.25) is 0 Å². The fourth-order valence-corrected chi connectivity index (χ4v) is 2.28. The molecule has 0 N–H and O–H groups in total. The van der Waals surface area contributed by atoms with Crippen molar-refractivity contribution >= 4 is 11.9 Å². The Hall–Kier alpha value is -2.28. The summed E-state index contributed by atoms with van der Waals surface area (Å²) in [6.45, 7) is 3.59. The van der Waals surface area contributed by atoms with Gasteiger partial charge in [-0.1, -0.05) is 0 Å². The summed E-state index contributed by atoms with van der Waals surface area (Å²) >= 11 is 0. The number of nitrogens with zero attached hydrogens (tertiary/aromatic N) is 1. The minimum atomic E-state index is -0.853. The minimum absolute atomic E-state index is 0.220. The number of carbonyl (C=O) groups excluding carboxylic acids is 2. The predicted molar refractivity (Wildman–Crippen MR) is 81.8 cm³/mol. The summed E-state index contributed by atoms with van der Waals surface area (Å²) in [5.41, 5.74) is 0.296. The van der Waals surface area contributed by atoms with E-state index in [4.69, 9.17) is 18.9 Å². The molecule has 1 aromatic rings. The van der Waals surface area contributed by atoms with Crippen LogP contribution in [0.25, 0.3) is 0 Å². The molecule has 1 fully saturated rings. The SMILES string of the molecule is COc1ccc(C(=O)OC(C)C(=O)N2CCOCC2)cc1OC. The van der Waals surface area contributed by atoms with Crippen LogP contribution in [-0.4, -0.2) is 63.4 Å². The van der Waals surface area contributed by atoms with Crippen LogP contribution in [-0.2, 0) is 14.3 Å². The van der Waals surface area contributed by atoms with Crippen molar-refractivity contribution in [3.8, 4) is 11.5 Å². The van der Waals surface area contributed by atoms with Crippen LogP contribution in [0, 0.1) is 0 Å². The molecule has 0 radical (unpaired) electrons. The summed E-state index contributed by atoms with van der Waals surface area (Å²) in [5, 5.41) is 0. The van der Waals surface area contributed by atoms with Crippen molar-refractivity contribution in [3.63, 3.8) is 0 Å². The third-order valence-corrected chi connectivity index (χ3v) is 3.57. The molecule has 2 rings (SSSR count). The van der Waals surface area contributed by atoms with Crippen LogP contribution in [0.3, 0.4) is 0 Å². The fourth-order valence-electron chi connectivity index (χ4n) is 2.28. The van der Waals surface area contributed by atoms with E-state index in [0.29, 0.717) is 43.4 Å². The second-order valence-corrected chi connectivity index (χ2v) is 5.05. The molecule has 1 aromatic carbocycles. The number of morpholine rings is 1. The molecule has 0 saturated carbocycles. The number of methoxy groups -OCH3 is 2. The molecule has 1 atom stereocenters. The molecule has 23 heavy (non-hydrogen) atoms. The van der Waals surface area contributed by atoms with Gasteiger partial charge in [-0.05, 0) is 25.1 Å². The zero-order valence-corrected chi connectivity index (χ0v) is 13.5. The van der Waals surface area contributed by atoms with Crippen molar-refractivity contribution in [2.75, 3.05) is 40.5 Å². The first-order valence-corrected chi connectivity index (χ1v) is 7.36. The fraction of sp³-hybridized carbons (Fsp3) is 0.500. The van der Waals surface area contributed by atoms with Crippen LogP contribution in [0.2, 0.25) is 0 Å². The highest BCUT2D eigenvalue weighted by Gasteiger charge is 2.26. The van der Waals surface area contributed by atoms with E-state index in [1.165, 1.54) is 20.3 Å². The van der Waals surface area contributed by atoms with E-state index >= 15 is 0 Å². The monoisotopic (exact) mass is 323 g/mol. The van der Waals surface area contributed by atoms with Gasteiger partial charge in [0.05, 0.1) is 33.0 Å². The van der Waals surface area contributed by atoms with Gasteiger partial charge >= 0.3 is 5.97 Å². The molecule has 7 nitrogen and oxygen atoms in total. The predicted octanol–water partition coefficient (Wildman–Crippen LogP) is 1.11. The van der Waals surface area contributed by atoms with Crippen LogP contribution < -0.4 is 9.47 Å². The molecule has 0 aliphatic carbocycles. The van der Waals surface area contributed by atoms with Gasteiger partial charge in [-0.3, -0.25) is 4.79 Å². The van der Waals surface area contributed by atoms with Crippen LogP contribution in [0.4, 0.5) is 0 Å². The summed E-state index contributed by atoms with van der Waals surface area (Å²) in [6.07, 6.45) is -0.853. The number of hydrogen-bond donors (Lipinski definition) is 0. The standard InChI is InChI=1S/C16H21NO6/c1-11(15(18)17-6-8-22-9-7-17)23-16(19)12-4-5-13(20-2)14(10-12)21-3/h4-5,10-11H,6-9H2,1-3H3. The number of hydrogen-bond acceptors (Lipinski definition) is 6. The number of ether oxygens (including phenoxy) is 4. The molecule has 7 heteroatoms. The average molecular weight is 323 g/mol. The zero-order valence-electron chi connectivity index (χ0n) is 13.5. The Morgan fingerprint density at radius 2 is 1.78 bits per heavy atom. The lowest BCUT2D eigenvalue weighted by Gasteiger charge is -2.29. The molecule has 0 bridgehead atoms. The minimum Gasteiger partial charge on any atom is -0.493 e. The number of carbonyl (C=O) groups is 2. The van der Waals surface area contributed by atoms with E-state index in [-0.39, 0.29) is 5.91 Å². The first kappa shape index (κ1) is 17.1. The Kier molecular flexibility index (Phi) is 5.81. The molecule has 1 unspecified atom stereocenters. The van der Waals surface area contributed by atoms with Gasteiger partial charge in [0.1, 0.15) is 0 Å². The summed E-state index contributed by atoms with van der Waals surface area (Å²) < 4.78 is 20.7. The highest BCUT2D eigenvalue weighted by atomic mass is 16.5. The number of esters is 1. The maximum atomic E-state index is 12.2. The van der Waals surface area contributed by atoms with Gasteiger partial charge in [-0.15, -0.1) is 0 Å². The summed E-state index contributed by atoms with van der Waals surface area (Å²) in [4.78, 5) is 26.1.